The fourth-order valence-electron chi connectivity index (χ4n) is 1.60. The highest BCUT2D eigenvalue weighted by Crippen LogP contribution is 2.18. The Morgan fingerprint density at radius 3 is 2.50 bits per heavy atom. The number of rotatable bonds is 9. The maximum atomic E-state index is 11.7. The van der Waals surface area contributed by atoms with Crippen LogP contribution in [-0.4, -0.2) is 47.8 Å². The van der Waals surface area contributed by atoms with Crippen molar-refractivity contribution in [1.29, 1.82) is 0 Å². The molecule has 1 rings (SSSR count). The van der Waals surface area contributed by atoms with E-state index in [2.05, 4.69) is 5.32 Å². The van der Waals surface area contributed by atoms with Gasteiger partial charge in [0.05, 0.1) is 7.11 Å². The van der Waals surface area contributed by atoms with E-state index in [1.807, 2.05) is 0 Å². The summed E-state index contributed by atoms with van der Waals surface area (Å²) in [5.41, 5.74) is 0. The molecule has 0 bridgehead atoms. The van der Waals surface area contributed by atoms with Crippen molar-refractivity contribution in [1.82, 2.24) is 5.32 Å². The Bertz CT molecular complexity index is 544. The topological polar surface area (TPSA) is 122 Å². The second-order valence-corrected chi connectivity index (χ2v) is 4.36. The Kier molecular flexibility index (Phi) is 6.68. The van der Waals surface area contributed by atoms with E-state index in [1.165, 1.54) is 7.11 Å². The summed E-state index contributed by atoms with van der Waals surface area (Å²) in [6, 6.07) is 5.32. The summed E-state index contributed by atoms with van der Waals surface area (Å²) in [6.07, 6.45) is -0.552. The van der Waals surface area contributed by atoms with E-state index in [0.29, 0.717) is 11.5 Å². The van der Waals surface area contributed by atoms with Gasteiger partial charge < -0.3 is 25.0 Å². The average Bonchev–Trinajstić information content (AvgIpc) is 2.49. The van der Waals surface area contributed by atoms with Gasteiger partial charge in [0.2, 0.25) is 0 Å². The number of carboxylic acids is 2. The van der Waals surface area contributed by atoms with Crippen molar-refractivity contribution >= 4 is 17.8 Å². The second kappa shape index (κ2) is 8.50. The number of hydrogen-bond donors (Lipinski definition) is 3. The maximum absolute atomic E-state index is 11.7. The highest BCUT2D eigenvalue weighted by atomic mass is 16.5. The normalized spacial score (nSPS) is 11.3. The van der Waals surface area contributed by atoms with E-state index >= 15 is 0 Å². The molecule has 1 aromatic carbocycles. The standard InChI is InChI=1S/C14H17NO7/c1-21-9-3-2-4-10(7-9)22-8-12(16)15-11(14(19)20)5-6-13(17)18/h2-4,7,11H,5-6,8H2,1H3,(H,15,16)(H,17,18)(H,19,20). The van der Waals surface area contributed by atoms with Gasteiger partial charge in [0.25, 0.3) is 5.91 Å². The number of hydrogen-bond acceptors (Lipinski definition) is 5. The SMILES string of the molecule is COc1cccc(OCC(=O)NC(CCC(=O)O)C(=O)O)c1. The molecule has 120 valence electrons. The predicted octanol–water partition coefficient (Wildman–Crippen LogP) is 0.508. The Morgan fingerprint density at radius 1 is 1.23 bits per heavy atom. The van der Waals surface area contributed by atoms with Crippen molar-refractivity contribution in [3.8, 4) is 11.5 Å². The number of methoxy groups -OCH3 is 1. The molecule has 8 heteroatoms. The smallest absolute Gasteiger partial charge is 0.326 e. The summed E-state index contributed by atoms with van der Waals surface area (Å²) in [7, 11) is 1.49. The van der Waals surface area contributed by atoms with E-state index < -0.39 is 23.9 Å². The number of aliphatic carboxylic acids is 2. The van der Waals surface area contributed by atoms with Crippen LogP contribution in [-0.2, 0) is 14.4 Å². The van der Waals surface area contributed by atoms with Crippen LogP contribution in [0.3, 0.4) is 0 Å². The molecule has 3 N–H and O–H groups in total. The van der Waals surface area contributed by atoms with Gasteiger partial charge in [-0.1, -0.05) is 6.07 Å². The number of benzene rings is 1. The zero-order valence-corrected chi connectivity index (χ0v) is 11.9. The van der Waals surface area contributed by atoms with Crippen LogP contribution in [0.4, 0.5) is 0 Å². The van der Waals surface area contributed by atoms with Crippen molar-refractivity contribution < 1.29 is 34.1 Å². The summed E-state index contributed by atoms with van der Waals surface area (Å²) in [5, 5.41) is 19.7. The van der Waals surface area contributed by atoms with Crippen molar-refractivity contribution in [2.45, 2.75) is 18.9 Å². The molecule has 0 fully saturated rings. The Labute approximate surface area is 126 Å². The van der Waals surface area contributed by atoms with E-state index in [1.54, 1.807) is 24.3 Å². The fraction of sp³-hybridized carbons (Fsp3) is 0.357. The number of ether oxygens (including phenoxy) is 2. The van der Waals surface area contributed by atoms with Crippen LogP contribution in [0, 0.1) is 0 Å². The summed E-state index contributed by atoms with van der Waals surface area (Å²) >= 11 is 0. The van der Waals surface area contributed by atoms with Crippen LogP contribution in [0.5, 0.6) is 11.5 Å². The van der Waals surface area contributed by atoms with Gasteiger partial charge in [-0.2, -0.15) is 0 Å². The minimum Gasteiger partial charge on any atom is -0.497 e. The number of amides is 1. The fourth-order valence-corrected chi connectivity index (χ4v) is 1.60. The van der Waals surface area contributed by atoms with E-state index in [9.17, 15) is 14.4 Å². The molecule has 22 heavy (non-hydrogen) atoms. The van der Waals surface area contributed by atoms with Gasteiger partial charge in [-0.05, 0) is 18.6 Å². The molecule has 0 aliphatic carbocycles. The lowest BCUT2D eigenvalue weighted by atomic mass is 10.1. The maximum Gasteiger partial charge on any atom is 0.326 e. The van der Waals surface area contributed by atoms with Gasteiger partial charge in [-0.3, -0.25) is 9.59 Å². The first-order valence-electron chi connectivity index (χ1n) is 6.43. The average molecular weight is 311 g/mol. The van der Waals surface area contributed by atoms with Crippen LogP contribution in [0.2, 0.25) is 0 Å². The molecule has 1 aromatic rings. The molecule has 0 spiro atoms. The molecule has 1 amide bonds. The lowest BCUT2D eigenvalue weighted by Crippen LogP contribution is -2.43. The van der Waals surface area contributed by atoms with E-state index in [0.717, 1.165) is 0 Å². The Balaban J connectivity index is 2.49. The molecule has 0 aliphatic rings. The summed E-state index contributed by atoms with van der Waals surface area (Å²) in [5.74, 6) is -2.13. The third-order valence-corrected chi connectivity index (χ3v) is 2.69. The van der Waals surface area contributed by atoms with E-state index in [4.69, 9.17) is 19.7 Å². The Morgan fingerprint density at radius 2 is 1.91 bits per heavy atom. The quantitative estimate of drug-likeness (QED) is 0.607. The van der Waals surface area contributed by atoms with Crippen molar-refractivity contribution in [2.24, 2.45) is 0 Å². The third kappa shape index (κ3) is 6.12. The van der Waals surface area contributed by atoms with Gasteiger partial charge in [0, 0.05) is 12.5 Å². The van der Waals surface area contributed by atoms with Crippen LogP contribution >= 0.6 is 0 Å². The second-order valence-electron chi connectivity index (χ2n) is 4.36. The monoisotopic (exact) mass is 311 g/mol. The number of nitrogens with one attached hydrogen (secondary N) is 1. The zero-order valence-electron chi connectivity index (χ0n) is 11.9. The molecule has 1 atom stereocenters. The molecular weight excluding hydrogens is 294 g/mol. The molecule has 0 saturated heterocycles. The molecule has 0 aromatic heterocycles. The highest BCUT2D eigenvalue weighted by Gasteiger charge is 2.21. The van der Waals surface area contributed by atoms with Crippen molar-refractivity contribution in [3.63, 3.8) is 0 Å². The molecule has 0 heterocycles. The number of carbonyl (C=O) groups excluding carboxylic acids is 1. The van der Waals surface area contributed by atoms with E-state index in [-0.39, 0.29) is 19.4 Å². The van der Waals surface area contributed by atoms with Crippen LogP contribution in [0.25, 0.3) is 0 Å². The summed E-state index contributed by atoms with van der Waals surface area (Å²) < 4.78 is 10.2. The summed E-state index contributed by atoms with van der Waals surface area (Å²) in [6.45, 7) is -0.385. The minimum absolute atomic E-state index is 0.199. The molecule has 8 nitrogen and oxygen atoms in total. The predicted molar refractivity (Wildman–Crippen MR) is 74.9 cm³/mol. The van der Waals surface area contributed by atoms with Gasteiger partial charge in [-0.15, -0.1) is 0 Å². The lowest BCUT2D eigenvalue weighted by Gasteiger charge is -2.14. The van der Waals surface area contributed by atoms with Gasteiger partial charge in [-0.25, -0.2) is 4.79 Å². The van der Waals surface area contributed by atoms with Crippen molar-refractivity contribution in [3.05, 3.63) is 24.3 Å². The van der Waals surface area contributed by atoms with Gasteiger partial charge in [0.15, 0.2) is 6.61 Å². The molecule has 0 radical (unpaired) electrons. The van der Waals surface area contributed by atoms with Crippen molar-refractivity contribution in [2.75, 3.05) is 13.7 Å². The zero-order chi connectivity index (χ0) is 16.5. The largest absolute Gasteiger partial charge is 0.497 e. The molecule has 0 saturated carbocycles. The van der Waals surface area contributed by atoms with Crippen LogP contribution in [0.15, 0.2) is 24.3 Å². The number of carboxylic acid groups (broad SMARTS) is 2. The molecule has 1 unspecified atom stereocenters. The first-order valence-corrected chi connectivity index (χ1v) is 6.43. The van der Waals surface area contributed by atoms with Gasteiger partial charge in [0.1, 0.15) is 17.5 Å². The molecule has 0 aliphatic heterocycles. The lowest BCUT2D eigenvalue weighted by molar-refractivity contribution is -0.143. The summed E-state index contributed by atoms with van der Waals surface area (Å²) in [4.78, 5) is 33.0. The Hall–Kier alpha value is -2.77. The van der Waals surface area contributed by atoms with Crippen LogP contribution in [0.1, 0.15) is 12.8 Å². The molecular formula is C14H17NO7. The highest BCUT2D eigenvalue weighted by molar-refractivity contribution is 5.84. The first kappa shape index (κ1) is 17.3. The van der Waals surface area contributed by atoms with Crippen LogP contribution < -0.4 is 14.8 Å². The minimum atomic E-state index is -1.30. The van der Waals surface area contributed by atoms with Gasteiger partial charge >= 0.3 is 11.9 Å². The third-order valence-electron chi connectivity index (χ3n) is 2.69. The number of carbonyl (C=O) groups is 3. The first-order chi connectivity index (χ1) is 10.4.